The van der Waals surface area contributed by atoms with Gasteiger partial charge in [0.05, 0.1) is 0 Å². The van der Waals surface area contributed by atoms with Crippen molar-refractivity contribution in [3.05, 3.63) is 48.5 Å². The fourth-order valence-corrected chi connectivity index (χ4v) is 1.45. The normalized spacial score (nSPS) is 10.0. The smallest absolute Gasteiger partial charge is 0.271 e. The number of pyridine rings is 2. The van der Waals surface area contributed by atoms with Crippen molar-refractivity contribution in [1.82, 2.24) is 14.9 Å². The third-order valence-electron chi connectivity index (χ3n) is 2.38. The Bertz CT molecular complexity index is 506. The molecule has 0 N–H and O–H groups in total. The Labute approximate surface area is 99.9 Å². The second-order valence-electron chi connectivity index (χ2n) is 3.87. The van der Waals surface area contributed by atoms with Crippen molar-refractivity contribution in [3.63, 3.8) is 0 Å². The molecule has 0 saturated carbocycles. The first kappa shape index (κ1) is 11.3. The Balaban J connectivity index is 2.28. The van der Waals surface area contributed by atoms with Gasteiger partial charge in [0.1, 0.15) is 5.69 Å². The zero-order valence-electron chi connectivity index (χ0n) is 9.79. The number of rotatable bonds is 2. The van der Waals surface area contributed by atoms with Crippen LogP contribution in [0, 0.1) is 0 Å². The molecule has 0 atom stereocenters. The van der Waals surface area contributed by atoms with Gasteiger partial charge < -0.3 is 4.90 Å². The fraction of sp³-hybridized carbons (Fsp3) is 0.154. The highest BCUT2D eigenvalue weighted by Gasteiger charge is 2.09. The van der Waals surface area contributed by atoms with Gasteiger partial charge in [0.2, 0.25) is 0 Å². The van der Waals surface area contributed by atoms with Crippen LogP contribution in [0.2, 0.25) is 0 Å². The van der Waals surface area contributed by atoms with Gasteiger partial charge in [0.15, 0.2) is 0 Å². The van der Waals surface area contributed by atoms with Gasteiger partial charge in [-0.2, -0.15) is 0 Å². The van der Waals surface area contributed by atoms with Gasteiger partial charge in [-0.05, 0) is 12.1 Å². The van der Waals surface area contributed by atoms with Gasteiger partial charge in [-0.15, -0.1) is 0 Å². The molecule has 0 radical (unpaired) electrons. The molecule has 4 heteroatoms. The van der Waals surface area contributed by atoms with E-state index in [1.165, 1.54) is 4.90 Å². The third-order valence-corrected chi connectivity index (χ3v) is 2.38. The minimum Gasteiger partial charge on any atom is -0.343 e. The second-order valence-corrected chi connectivity index (χ2v) is 3.87. The minimum absolute atomic E-state index is 0.0947. The minimum atomic E-state index is -0.0947. The molecular weight excluding hydrogens is 214 g/mol. The van der Waals surface area contributed by atoms with Crippen LogP contribution in [0.15, 0.2) is 42.9 Å². The van der Waals surface area contributed by atoms with Crippen LogP contribution in [-0.4, -0.2) is 34.9 Å². The molecule has 0 spiro atoms. The van der Waals surface area contributed by atoms with E-state index >= 15 is 0 Å². The van der Waals surface area contributed by atoms with Crippen molar-refractivity contribution < 1.29 is 4.79 Å². The maximum absolute atomic E-state index is 11.6. The van der Waals surface area contributed by atoms with Crippen LogP contribution in [0.25, 0.3) is 11.1 Å². The summed E-state index contributed by atoms with van der Waals surface area (Å²) in [5, 5.41) is 0. The van der Waals surface area contributed by atoms with Crippen molar-refractivity contribution in [3.8, 4) is 11.1 Å². The SMILES string of the molecule is CN(C)C(=O)c1ccc(-c2cccnc2)cn1. The summed E-state index contributed by atoms with van der Waals surface area (Å²) >= 11 is 0. The van der Waals surface area contributed by atoms with Crippen LogP contribution in [0.3, 0.4) is 0 Å². The van der Waals surface area contributed by atoms with E-state index in [-0.39, 0.29) is 5.91 Å². The first-order chi connectivity index (χ1) is 8.18. The molecule has 17 heavy (non-hydrogen) atoms. The van der Waals surface area contributed by atoms with E-state index in [2.05, 4.69) is 9.97 Å². The molecule has 0 aliphatic heterocycles. The van der Waals surface area contributed by atoms with Crippen LogP contribution in [0.1, 0.15) is 10.5 Å². The molecule has 2 aromatic heterocycles. The van der Waals surface area contributed by atoms with E-state index in [0.29, 0.717) is 5.69 Å². The number of aromatic nitrogens is 2. The summed E-state index contributed by atoms with van der Waals surface area (Å²) in [4.78, 5) is 21.4. The molecule has 0 bridgehead atoms. The summed E-state index contributed by atoms with van der Waals surface area (Å²) in [5.74, 6) is -0.0947. The van der Waals surface area contributed by atoms with Gasteiger partial charge in [0.25, 0.3) is 5.91 Å². The molecular formula is C13H13N3O. The molecule has 2 heterocycles. The van der Waals surface area contributed by atoms with E-state index in [1.54, 1.807) is 38.8 Å². The molecule has 2 rings (SSSR count). The monoisotopic (exact) mass is 227 g/mol. The Kier molecular flexibility index (Phi) is 3.14. The molecule has 0 aliphatic rings. The lowest BCUT2D eigenvalue weighted by atomic mass is 10.1. The molecule has 0 fully saturated rings. The second kappa shape index (κ2) is 4.74. The van der Waals surface area contributed by atoms with Crippen molar-refractivity contribution >= 4 is 5.91 Å². The molecule has 0 saturated heterocycles. The molecule has 86 valence electrons. The number of hydrogen-bond donors (Lipinski definition) is 0. The standard InChI is InChI=1S/C13H13N3O/c1-16(2)13(17)12-6-5-11(9-15-12)10-4-3-7-14-8-10/h3-9H,1-2H3. The predicted molar refractivity (Wildman–Crippen MR) is 65.5 cm³/mol. The summed E-state index contributed by atoms with van der Waals surface area (Å²) in [5.41, 5.74) is 2.39. The quantitative estimate of drug-likeness (QED) is 0.786. The van der Waals surface area contributed by atoms with Crippen LogP contribution in [-0.2, 0) is 0 Å². The van der Waals surface area contributed by atoms with Crippen molar-refractivity contribution in [2.24, 2.45) is 0 Å². The largest absolute Gasteiger partial charge is 0.343 e. The van der Waals surface area contributed by atoms with Crippen LogP contribution in [0.4, 0.5) is 0 Å². The Hall–Kier alpha value is -2.23. The zero-order valence-corrected chi connectivity index (χ0v) is 9.79. The average molecular weight is 227 g/mol. The zero-order chi connectivity index (χ0) is 12.3. The Morgan fingerprint density at radius 2 is 1.88 bits per heavy atom. The highest BCUT2D eigenvalue weighted by molar-refractivity contribution is 5.92. The fourth-order valence-electron chi connectivity index (χ4n) is 1.45. The lowest BCUT2D eigenvalue weighted by Crippen LogP contribution is -2.22. The summed E-state index contributed by atoms with van der Waals surface area (Å²) in [6.07, 6.45) is 5.18. The predicted octanol–water partition coefficient (Wildman–Crippen LogP) is 1.85. The average Bonchev–Trinajstić information content (AvgIpc) is 2.39. The molecule has 1 amide bonds. The summed E-state index contributed by atoms with van der Waals surface area (Å²) in [6.45, 7) is 0. The molecule has 2 aromatic rings. The van der Waals surface area contributed by atoms with E-state index in [1.807, 2.05) is 18.2 Å². The van der Waals surface area contributed by atoms with Gasteiger partial charge in [-0.3, -0.25) is 14.8 Å². The van der Waals surface area contributed by atoms with Gasteiger partial charge in [-0.25, -0.2) is 0 Å². The molecule has 0 aromatic carbocycles. The number of nitrogens with zero attached hydrogens (tertiary/aromatic N) is 3. The summed E-state index contributed by atoms with van der Waals surface area (Å²) in [6, 6.07) is 7.43. The number of amides is 1. The van der Waals surface area contributed by atoms with E-state index in [9.17, 15) is 4.79 Å². The van der Waals surface area contributed by atoms with Crippen LogP contribution >= 0.6 is 0 Å². The van der Waals surface area contributed by atoms with Crippen molar-refractivity contribution in [1.29, 1.82) is 0 Å². The lowest BCUT2D eigenvalue weighted by molar-refractivity contribution is 0.0822. The highest BCUT2D eigenvalue weighted by atomic mass is 16.2. The van der Waals surface area contributed by atoms with Gasteiger partial charge in [0, 0.05) is 43.8 Å². The van der Waals surface area contributed by atoms with E-state index < -0.39 is 0 Å². The number of hydrogen-bond acceptors (Lipinski definition) is 3. The molecule has 0 aliphatic carbocycles. The number of carbonyl (C=O) groups excluding carboxylic acids is 1. The first-order valence-corrected chi connectivity index (χ1v) is 5.26. The molecule has 4 nitrogen and oxygen atoms in total. The number of carbonyl (C=O) groups is 1. The Morgan fingerprint density at radius 1 is 1.12 bits per heavy atom. The first-order valence-electron chi connectivity index (χ1n) is 5.26. The maximum atomic E-state index is 11.6. The van der Waals surface area contributed by atoms with Crippen LogP contribution in [0.5, 0.6) is 0 Å². The summed E-state index contributed by atoms with van der Waals surface area (Å²) in [7, 11) is 3.41. The van der Waals surface area contributed by atoms with E-state index in [0.717, 1.165) is 11.1 Å². The van der Waals surface area contributed by atoms with Crippen molar-refractivity contribution in [2.45, 2.75) is 0 Å². The van der Waals surface area contributed by atoms with Gasteiger partial charge >= 0.3 is 0 Å². The lowest BCUT2D eigenvalue weighted by Gasteiger charge is -2.09. The summed E-state index contributed by atoms with van der Waals surface area (Å²) < 4.78 is 0. The highest BCUT2D eigenvalue weighted by Crippen LogP contribution is 2.16. The van der Waals surface area contributed by atoms with Crippen molar-refractivity contribution in [2.75, 3.05) is 14.1 Å². The maximum Gasteiger partial charge on any atom is 0.271 e. The Morgan fingerprint density at radius 3 is 2.41 bits per heavy atom. The topological polar surface area (TPSA) is 46.1 Å². The van der Waals surface area contributed by atoms with Gasteiger partial charge in [-0.1, -0.05) is 12.1 Å². The molecule has 0 unspecified atom stereocenters. The van der Waals surface area contributed by atoms with Crippen LogP contribution < -0.4 is 0 Å². The van der Waals surface area contributed by atoms with E-state index in [4.69, 9.17) is 0 Å². The third kappa shape index (κ3) is 2.47.